The molecule has 0 fully saturated rings. The molecule has 0 radical (unpaired) electrons. The Kier molecular flexibility index (Phi) is 6.11. The summed E-state index contributed by atoms with van der Waals surface area (Å²) in [7, 11) is 0. The number of carbonyl (C=O) groups is 2. The summed E-state index contributed by atoms with van der Waals surface area (Å²) < 4.78 is 0.674. The molecule has 0 aliphatic rings. The van der Waals surface area contributed by atoms with Gasteiger partial charge in [-0.05, 0) is 46.6 Å². The zero-order chi connectivity index (χ0) is 16.7. The summed E-state index contributed by atoms with van der Waals surface area (Å²) in [5.74, 6) is -0.664. The number of carbonyl (C=O) groups excluding carboxylic acids is 2. The van der Waals surface area contributed by atoms with Gasteiger partial charge in [0.15, 0.2) is 0 Å². The number of halogens is 1. The molecule has 118 valence electrons. The van der Waals surface area contributed by atoms with Crippen LogP contribution in [0.3, 0.4) is 0 Å². The summed E-state index contributed by atoms with van der Waals surface area (Å²) in [5.41, 5.74) is 1.51. The molecule has 0 aliphatic carbocycles. The second kappa shape index (κ2) is 8.29. The summed E-state index contributed by atoms with van der Waals surface area (Å²) >= 11 is 3.34. The van der Waals surface area contributed by atoms with Crippen molar-refractivity contribution in [2.24, 2.45) is 0 Å². The van der Waals surface area contributed by atoms with E-state index in [0.29, 0.717) is 16.6 Å². The second-order valence-electron chi connectivity index (χ2n) is 4.76. The Bertz CT molecular complexity index is 727. The van der Waals surface area contributed by atoms with Crippen molar-refractivity contribution in [1.29, 1.82) is 0 Å². The Morgan fingerprint density at radius 3 is 2.35 bits per heavy atom. The molecule has 0 spiro atoms. The first-order valence-corrected chi connectivity index (χ1v) is 8.02. The molecular weight excluding hydrogens is 356 g/mol. The largest absolute Gasteiger partial charge is 0.351 e. The van der Waals surface area contributed by atoms with Crippen LogP contribution >= 0.6 is 15.9 Å². The van der Waals surface area contributed by atoms with E-state index in [4.69, 9.17) is 0 Å². The summed E-state index contributed by atoms with van der Waals surface area (Å²) in [5, 5.41) is 5.39. The standard InChI is InChI=1S/C18H17BrN2O2/c1-2-20-18(23)16(12-13-8-4-3-5-9-13)21-17(22)14-10-6-7-11-15(14)19/h3-12H,2H2,1H3,(H,20,23)(H,21,22). The number of hydrogen-bond acceptors (Lipinski definition) is 2. The molecule has 0 aromatic heterocycles. The summed E-state index contributed by atoms with van der Waals surface area (Å²) in [6.07, 6.45) is 1.65. The van der Waals surface area contributed by atoms with Gasteiger partial charge in [0.05, 0.1) is 5.56 Å². The van der Waals surface area contributed by atoms with Gasteiger partial charge in [0.25, 0.3) is 11.8 Å². The molecule has 5 heteroatoms. The van der Waals surface area contributed by atoms with Crippen LogP contribution in [-0.4, -0.2) is 18.4 Å². The fourth-order valence-electron chi connectivity index (χ4n) is 1.97. The van der Waals surface area contributed by atoms with E-state index in [-0.39, 0.29) is 17.5 Å². The van der Waals surface area contributed by atoms with E-state index in [1.165, 1.54) is 0 Å². The molecule has 0 bridgehead atoms. The number of amides is 2. The van der Waals surface area contributed by atoms with Crippen molar-refractivity contribution in [3.05, 3.63) is 75.9 Å². The van der Waals surface area contributed by atoms with Crippen molar-refractivity contribution in [2.45, 2.75) is 6.92 Å². The number of nitrogens with one attached hydrogen (secondary N) is 2. The van der Waals surface area contributed by atoms with Crippen LogP contribution in [0.5, 0.6) is 0 Å². The van der Waals surface area contributed by atoms with Gasteiger partial charge in [-0.2, -0.15) is 0 Å². The van der Waals surface area contributed by atoms with Crippen LogP contribution in [0.2, 0.25) is 0 Å². The molecule has 2 rings (SSSR count). The maximum atomic E-state index is 12.4. The predicted octanol–water partition coefficient (Wildman–Crippen LogP) is 3.36. The van der Waals surface area contributed by atoms with E-state index in [9.17, 15) is 9.59 Å². The molecule has 0 atom stereocenters. The average molecular weight is 373 g/mol. The van der Waals surface area contributed by atoms with Gasteiger partial charge in [0.2, 0.25) is 0 Å². The molecule has 2 N–H and O–H groups in total. The lowest BCUT2D eigenvalue weighted by molar-refractivity contribution is -0.117. The first-order valence-electron chi connectivity index (χ1n) is 7.22. The maximum Gasteiger partial charge on any atom is 0.267 e. The molecule has 23 heavy (non-hydrogen) atoms. The first kappa shape index (κ1) is 17.0. The molecule has 0 saturated carbocycles. The fourth-order valence-corrected chi connectivity index (χ4v) is 2.43. The van der Waals surface area contributed by atoms with E-state index in [0.717, 1.165) is 5.56 Å². The zero-order valence-electron chi connectivity index (χ0n) is 12.7. The molecule has 0 saturated heterocycles. The highest BCUT2D eigenvalue weighted by Crippen LogP contribution is 2.16. The van der Waals surface area contributed by atoms with Crippen LogP contribution < -0.4 is 10.6 Å². The van der Waals surface area contributed by atoms with Crippen LogP contribution in [0.4, 0.5) is 0 Å². The van der Waals surface area contributed by atoms with E-state index in [2.05, 4.69) is 26.6 Å². The number of benzene rings is 2. The highest BCUT2D eigenvalue weighted by molar-refractivity contribution is 9.10. The van der Waals surface area contributed by atoms with Crippen molar-refractivity contribution in [3.63, 3.8) is 0 Å². The molecular formula is C18H17BrN2O2. The fraction of sp³-hybridized carbons (Fsp3) is 0.111. The Labute approximate surface area is 143 Å². The molecule has 0 unspecified atom stereocenters. The maximum absolute atomic E-state index is 12.4. The first-order chi connectivity index (χ1) is 11.1. The third-order valence-corrected chi connectivity index (χ3v) is 3.75. The minimum Gasteiger partial charge on any atom is -0.351 e. The summed E-state index contributed by atoms with van der Waals surface area (Å²) in [6.45, 7) is 2.31. The smallest absolute Gasteiger partial charge is 0.267 e. The van der Waals surface area contributed by atoms with Crippen molar-refractivity contribution in [2.75, 3.05) is 6.54 Å². The average Bonchev–Trinajstić information content (AvgIpc) is 2.55. The highest BCUT2D eigenvalue weighted by atomic mass is 79.9. The van der Waals surface area contributed by atoms with Gasteiger partial charge in [0, 0.05) is 11.0 Å². The SMILES string of the molecule is CCNC(=O)C(=Cc1ccccc1)NC(=O)c1ccccc1Br. The highest BCUT2D eigenvalue weighted by Gasteiger charge is 2.15. The Hall–Kier alpha value is -2.40. The van der Waals surface area contributed by atoms with Gasteiger partial charge in [-0.25, -0.2) is 0 Å². The van der Waals surface area contributed by atoms with Gasteiger partial charge in [-0.15, -0.1) is 0 Å². The molecule has 4 nitrogen and oxygen atoms in total. The molecule has 2 aromatic rings. The van der Waals surface area contributed by atoms with E-state index >= 15 is 0 Å². The zero-order valence-corrected chi connectivity index (χ0v) is 14.3. The Morgan fingerprint density at radius 1 is 1.04 bits per heavy atom. The summed E-state index contributed by atoms with van der Waals surface area (Å²) in [4.78, 5) is 24.6. The number of hydrogen-bond donors (Lipinski definition) is 2. The minimum atomic E-state index is -0.342. The normalized spacial score (nSPS) is 11.0. The van der Waals surface area contributed by atoms with Crippen LogP contribution in [0.25, 0.3) is 6.08 Å². The number of likely N-dealkylation sites (N-methyl/N-ethyl adjacent to an activating group) is 1. The predicted molar refractivity (Wildman–Crippen MR) is 94.7 cm³/mol. The van der Waals surface area contributed by atoms with Gasteiger partial charge in [0.1, 0.15) is 5.70 Å². The minimum absolute atomic E-state index is 0.207. The van der Waals surface area contributed by atoms with Crippen molar-refractivity contribution < 1.29 is 9.59 Å². The molecule has 0 aliphatic heterocycles. The number of rotatable bonds is 5. The van der Waals surface area contributed by atoms with Gasteiger partial charge < -0.3 is 10.6 Å². The van der Waals surface area contributed by atoms with Crippen LogP contribution in [0.15, 0.2) is 64.8 Å². The van der Waals surface area contributed by atoms with Crippen LogP contribution in [0.1, 0.15) is 22.8 Å². The second-order valence-corrected chi connectivity index (χ2v) is 5.62. The Balaban J connectivity index is 2.28. The third-order valence-electron chi connectivity index (χ3n) is 3.06. The molecule has 0 heterocycles. The van der Waals surface area contributed by atoms with E-state index in [1.54, 1.807) is 24.3 Å². The lowest BCUT2D eigenvalue weighted by Gasteiger charge is -2.11. The lowest BCUT2D eigenvalue weighted by Crippen LogP contribution is -2.34. The van der Waals surface area contributed by atoms with Gasteiger partial charge >= 0.3 is 0 Å². The van der Waals surface area contributed by atoms with Crippen LogP contribution in [-0.2, 0) is 4.79 Å². The quantitative estimate of drug-likeness (QED) is 0.790. The van der Waals surface area contributed by atoms with Crippen molar-refractivity contribution in [3.8, 4) is 0 Å². The molecule has 2 aromatic carbocycles. The van der Waals surface area contributed by atoms with E-state index in [1.807, 2.05) is 43.3 Å². The van der Waals surface area contributed by atoms with Gasteiger partial charge in [-0.1, -0.05) is 42.5 Å². The van der Waals surface area contributed by atoms with Crippen LogP contribution in [0, 0.1) is 0 Å². The third kappa shape index (κ3) is 4.79. The lowest BCUT2D eigenvalue weighted by atomic mass is 10.1. The summed E-state index contributed by atoms with van der Waals surface area (Å²) in [6, 6.07) is 16.4. The van der Waals surface area contributed by atoms with E-state index < -0.39 is 0 Å². The van der Waals surface area contributed by atoms with Crippen molar-refractivity contribution >= 4 is 33.8 Å². The monoisotopic (exact) mass is 372 g/mol. The van der Waals surface area contributed by atoms with Gasteiger partial charge in [-0.3, -0.25) is 9.59 Å². The Morgan fingerprint density at radius 2 is 1.70 bits per heavy atom. The molecule has 2 amide bonds. The van der Waals surface area contributed by atoms with Crippen molar-refractivity contribution in [1.82, 2.24) is 10.6 Å². The topological polar surface area (TPSA) is 58.2 Å².